The molecule has 0 amide bonds. The van der Waals surface area contributed by atoms with Gasteiger partial charge in [0.2, 0.25) is 5.95 Å². The summed E-state index contributed by atoms with van der Waals surface area (Å²) in [6.07, 6.45) is 6.29. The first kappa shape index (κ1) is 17.4. The molecule has 0 atom stereocenters. The number of rotatable bonds is 4. The van der Waals surface area contributed by atoms with Gasteiger partial charge in [-0.05, 0) is 12.8 Å². The van der Waals surface area contributed by atoms with Crippen molar-refractivity contribution in [2.75, 3.05) is 18.4 Å². The number of nitrogens with one attached hydrogen (secondary N) is 1. The zero-order valence-electron chi connectivity index (χ0n) is 12.9. The van der Waals surface area contributed by atoms with Gasteiger partial charge in [-0.15, -0.1) is 0 Å². The van der Waals surface area contributed by atoms with Crippen molar-refractivity contribution in [3.8, 4) is 11.3 Å². The first-order chi connectivity index (χ1) is 11.3. The average Bonchev–Trinajstić information content (AvgIpc) is 2.95. The molecule has 3 rings (SSSR count). The first-order valence-electron chi connectivity index (χ1n) is 7.31. The molecule has 0 spiro atoms. The fraction of sp³-hybridized carbons (Fsp3) is 0.462. The van der Waals surface area contributed by atoms with E-state index >= 15 is 0 Å². The number of nitrogens with zero attached hydrogens (tertiary/aromatic N) is 5. The lowest BCUT2D eigenvalue weighted by atomic mass is 10.1. The van der Waals surface area contributed by atoms with Gasteiger partial charge in [-0.1, -0.05) is 11.6 Å². The molecule has 0 aromatic carbocycles. The van der Waals surface area contributed by atoms with E-state index in [0.717, 1.165) is 5.56 Å². The smallest absolute Gasteiger partial charge is 0.299 e. The van der Waals surface area contributed by atoms with Crippen molar-refractivity contribution in [1.29, 1.82) is 0 Å². The van der Waals surface area contributed by atoms with Crippen LogP contribution in [-0.2, 0) is 16.3 Å². The number of hydrogen-bond acceptors (Lipinski definition) is 6. The second kappa shape index (κ2) is 6.83. The third-order valence-electron chi connectivity index (χ3n) is 3.82. The molecular weight excluding hydrogens is 375 g/mol. The van der Waals surface area contributed by atoms with E-state index in [1.807, 2.05) is 13.2 Å². The highest BCUT2D eigenvalue weighted by molar-refractivity contribution is 8.11. The van der Waals surface area contributed by atoms with Gasteiger partial charge < -0.3 is 5.32 Å². The van der Waals surface area contributed by atoms with Crippen LogP contribution in [0.1, 0.15) is 12.8 Å². The summed E-state index contributed by atoms with van der Waals surface area (Å²) >= 11 is 6.17. The number of hydrogen-bond donors (Lipinski definition) is 1. The van der Waals surface area contributed by atoms with Crippen molar-refractivity contribution in [2.45, 2.75) is 18.9 Å². The largest absolute Gasteiger partial charge is 0.351 e. The van der Waals surface area contributed by atoms with Crippen LogP contribution in [0.4, 0.5) is 5.95 Å². The van der Waals surface area contributed by atoms with Crippen molar-refractivity contribution >= 4 is 37.5 Å². The summed E-state index contributed by atoms with van der Waals surface area (Å²) in [5.74, 6) is 0.449. The van der Waals surface area contributed by atoms with Crippen LogP contribution in [0.5, 0.6) is 0 Å². The Morgan fingerprint density at radius 3 is 2.58 bits per heavy atom. The van der Waals surface area contributed by atoms with Gasteiger partial charge in [0.05, 0.1) is 23.1 Å². The summed E-state index contributed by atoms with van der Waals surface area (Å²) in [5.41, 5.74) is 1.40. The van der Waals surface area contributed by atoms with Gasteiger partial charge in [0.1, 0.15) is 0 Å². The van der Waals surface area contributed by atoms with E-state index in [4.69, 9.17) is 22.3 Å². The summed E-state index contributed by atoms with van der Waals surface area (Å²) in [7, 11) is 3.53. The highest BCUT2D eigenvalue weighted by Crippen LogP contribution is 2.26. The number of aromatic nitrogens is 4. The normalized spacial score (nSPS) is 17.1. The van der Waals surface area contributed by atoms with Gasteiger partial charge in [-0.2, -0.15) is 17.8 Å². The predicted octanol–water partition coefficient (Wildman–Crippen LogP) is 1.89. The summed E-state index contributed by atoms with van der Waals surface area (Å²) in [5, 5.41) is 7.78. The van der Waals surface area contributed by atoms with Crippen molar-refractivity contribution in [2.24, 2.45) is 7.05 Å². The Balaban J connectivity index is 1.71. The van der Waals surface area contributed by atoms with Crippen LogP contribution < -0.4 is 5.32 Å². The van der Waals surface area contributed by atoms with Crippen LogP contribution in [0.25, 0.3) is 11.3 Å². The third-order valence-corrected chi connectivity index (χ3v) is 5.66. The van der Waals surface area contributed by atoms with Crippen LogP contribution in [-0.4, -0.2) is 51.6 Å². The molecule has 0 aliphatic carbocycles. The van der Waals surface area contributed by atoms with Gasteiger partial charge in [0, 0.05) is 48.6 Å². The first-order valence-corrected chi connectivity index (χ1v) is 9.95. The Morgan fingerprint density at radius 2 is 2.00 bits per heavy atom. The molecule has 0 saturated carbocycles. The van der Waals surface area contributed by atoms with Gasteiger partial charge in [0.25, 0.3) is 9.24 Å². The standard InChI is InChI=1S/C13H16Cl2N6O2S/c1-20-8-9(6-17-20)12-11(14)7-16-13(19-12)18-10-2-4-21(5-3-10)24(15,22)23/h6-8,10H,2-5H2,1H3,(H,16,18,19). The second-order valence-corrected chi connectivity index (χ2v) is 8.47. The fourth-order valence-electron chi connectivity index (χ4n) is 2.58. The lowest BCUT2D eigenvalue weighted by molar-refractivity contribution is 0.335. The zero-order chi connectivity index (χ0) is 17.3. The van der Waals surface area contributed by atoms with E-state index in [0.29, 0.717) is 42.6 Å². The Bertz CT molecular complexity index is 833. The topological polar surface area (TPSA) is 93.0 Å². The monoisotopic (exact) mass is 390 g/mol. The fourth-order valence-corrected chi connectivity index (χ4v) is 3.84. The van der Waals surface area contributed by atoms with E-state index < -0.39 is 9.24 Å². The summed E-state index contributed by atoms with van der Waals surface area (Å²) in [6.45, 7) is 0.735. The summed E-state index contributed by atoms with van der Waals surface area (Å²) in [4.78, 5) is 8.65. The minimum atomic E-state index is -3.65. The quantitative estimate of drug-likeness (QED) is 0.801. The second-order valence-electron chi connectivity index (χ2n) is 5.55. The van der Waals surface area contributed by atoms with Crippen molar-refractivity contribution < 1.29 is 8.42 Å². The highest BCUT2D eigenvalue weighted by atomic mass is 35.7. The zero-order valence-corrected chi connectivity index (χ0v) is 15.2. The Kier molecular flexibility index (Phi) is 4.95. The molecule has 11 heteroatoms. The molecule has 2 aromatic heterocycles. The molecule has 0 radical (unpaired) electrons. The molecule has 1 aliphatic heterocycles. The molecular formula is C13H16Cl2N6O2S. The molecule has 0 unspecified atom stereocenters. The van der Waals surface area contributed by atoms with Crippen molar-refractivity contribution in [3.63, 3.8) is 0 Å². The summed E-state index contributed by atoms with van der Waals surface area (Å²) in [6, 6.07) is 0.0718. The van der Waals surface area contributed by atoms with E-state index in [2.05, 4.69) is 20.4 Å². The maximum absolute atomic E-state index is 11.3. The SMILES string of the molecule is Cn1cc(-c2nc(NC3CCN(S(=O)(=O)Cl)CC3)ncc2Cl)cn1. The van der Waals surface area contributed by atoms with E-state index in [1.54, 1.807) is 10.9 Å². The molecule has 1 aliphatic rings. The van der Waals surface area contributed by atoms with Crippen LogP contribution in [0.15, 0.2) is 18.6 Å². The molecule has 8 nitrogen and oxygen atoms in total. The number of piperidine rings is 1. The number of aryl methyl sites for hydroxylation is 1. The molecule has 2 aromatic rings. The van der Waals surface area contributed by atoms with Crippen molar-refractivity contribution in [3.05, 3.63) is 23.6 Å². The Labute approximate surface area is 149 Å². The van der Waals surface area contributed by atoms with E-state index in [-0.39, 0.29) is 6.04 Å². The molecule has 24 heavy (non-hydrogen) atoms. The number of anilines is 1. The van der Waals surface area contributed by atoms with Crippen LogP contribution >= 0.6 is 22.3 Å². The molecule has 3 heterocycles. The van der Waals surface area contributed by atoms with Crippen molar-refractivity contribution in [1.82, 2.24) is 24.1 Å². The average molecular weight is 391 g/mol. The van der Waals surface area contributed by atoms with Crippen LogP contribution in [0, 0.1) is 0 Å². The third kappa shape index (κ3) is 3.97. The molecule has 1 saturated heterocycles. The molecule has 130 valence electrons. The van der Waals surface area contributed by atoms with Crippen LogP contribution in [0.2, 0.25) is 5.02 Å². The van der Waals surface area contributed by atoms with E-state index in [1.165, 1.54) is 10.5 Å². The molecule has 1 fully saturated rings. The van der Waals surface area contributed by atoms with Gasteiger partial charge in [0.15, 0.2) is 0 Å². The molecule has 0 bridgehead atoms. The summed E-state index contributed by atoms with van der Waals surface area (Å²) < 4.78 is 25.6. The maximum Gasteiger partial charge on any atom is 0.299 e. The number of halogens is 2. The lowest BCUT2D eigenvalue weighted by Gasteiger charge is -2.29. The Morgan fingerprint density at radius 1 is 1.29 bits per heavy atom. The minimum absolute atomic E-state index is 0.0718. The van der Waals surface area contributed by atoms with Crippen LogP contribution in [0.3, 0.4) is 0 Å². The van der Waals surface area contributed by atoms with E-state index in [9.17, 15) is 8.42 Å². The van der Waals surface area contributed by atoms with Gasteiger partial charge >= 0.3 is 0 Å². The minimum Gasteiger partial charge on any atom is -0.351 e. The maximum atomic E-state index is 11.3. The Hall–Kier alpha value is -1.42. The highest BCUT2D eigenvalue weighted by Gasteiger charge is 2.26. The van der Waals surface area contributed by atoms with Gasteiger partial charge in [-0.25, -0.2) is 9.97 Å². The predicted molar refractivity (Wildman–Crippen MR) is 92.2 cm³/mol. The van der Waals surface area contributed by atoms with Gasteiger partial charge in [-0.3, -0.25) is 4.68 Å². The molecule has 1 N–H and O–H groups in total. The lowest BCUT2D eigenvalue weighted by Crippen LogP contribution is -2.40.